The summed E-state index contributed by atoms with van der Waals surface area (Å²) < 4.78 is 6.69. The average Bonchev–Trinajstić information content (AvgIpc) is 2.73. The largest absolute Gasteiger partial charge is 0.378 e. The first-order valence-corrected chi connectivity index (χ1v) is 6.15. The summed E-state index contributed by atoms with van der Waals surface area (Å²) in [6, 6.07) is 0. The third-order valence-corrected chi connectivity index (χ3v) is 2.33. The maximum atomic E-state index is 11.1. The minimum Gasteiger partial charge on any atom is -0.378 e. The van der Waals surface area contributed by atoms with E-state index >= 15 is 0 Å². The van der Waals surface area contributed by atoms with Crippen LogP contribution in [0.15, 0.2) is 6.20 Å². The number of hydrogen-bond acceptors (Lipinski definition) is 5. The average molecular weight is 258 g/mol. The minimum absolute atomic E-state index is 0.0404. The molecule has 0 bridgehead atoms. The zero-order valence-electron chi connectivity index (χ0n) is 9.93. The topological polar surface area (TPSA) is 69.0 Å². The van der Waals surface area contributed by atoms with E-state index in [1.54, 1.807) is 11.8 Å². The van der Waals surface area contributed by atoms with Crippen molar-refractivity contribution in [1.29, 1.82) is 0 Å². The fourth-order valence-electron chi connectivity index (χ4n) is 1.32. The standard InChI is InChI=1S/C10H18N4O2S/c1-16-8-9-7-14(13-12-9)5-2-4-11-10(15)3-6-17/h7,17H,2-6,8H2,1H3,(H,11,15). The third-order valence-electron chi connectivity index (χ3n) is 2.10. The van der Waals surface area contributed by atoms with Crippen LogP contribution in [0.4, 0.5) is 0 Å². The first kappa shape index (κ1) is 14.0. The molecule has 6 nitrogen and oxygen atoms in total. The van der Waals surface area contributed by atoms with Crippen LogP contribution in [0.1, 0.15) is 18.5 Å². The van der Waals surface area contributed by atoms with Crippen LogP contribution in [-0.2, 0) is 22.7 Å². The molecule has 1 rings (SSSR count). The lowest BCUT2D eigenvalue weighted by Gasteiger charge is -2.03. The maximum Gasteiger partial charge on any atom is 0.220 e. The van der Waals surface area contributed by atoms with Crippen LogP contribution in [0.2, 0.25) is 0 Å². The number of hydrogen-bond donors (Lipinski definition) is 2. The molecule has 0 saturated heterocycles. The van der Waals surface area contributed by atoms with Gasteiger partial charge in [0, 0.05) is 26.6 Å². The monoisotopic (exact) mass is 258 g/mol. The number of carbonyl (C=O) groups is 1. The Morgan fingerprint density at radius 2 is 2.47 bits per heavy atom. The Labute approximate surface area is 106 Å². The molecule has 1 heterocycles. The first-order chi connectivity index (χ1) is 8.26. The van der Waals surface area contributed by atoms with Crippen LogP contribution in [0, 0.1) is 0 Å². The molecule has 96 valence electrons. The lowest BCUT2D eigenvalue weighted by atomic mass is 10.4. The van der Waals surface area contributed by atoms with Crippen molar-refractivity contribution in [3.8, 4) is 0 Å². The molecule has 0 fully saturated rings. The lowest BCUT2D eigenvalue weighted by molar-refractivity contribution is -0.120. The normalized spacial score (nSPS) is 10.5. The summed E-state index contributed by atoms with van der Waals surface area (Å²) in [4.78, 5) is 11.1. The fraction of sp³-hybridized carbons (Fsp3) is 0.700. The second-order valence-corrected chi connectivity index (χ2v) is 4.03. The molecule has 0 radical (unpaired) electrons. The number of thiol groups is 1. The summed E-state index contributed by atoms with van der Waals surface area (Å²) in [6.45, 7) is 1.85. The van der Waals surface area contributed by atoms with E-state index in [9.17, 15) is 4.79 Å². The smallest absolute Gasteiger partial charge is 0.220 e. The van der Waals surface area contributed by atoms with Gasteiger partial charge in [-0.2, -0.15) is 12.6 Å². The molecule has 0 aliphatic carbocycles. The fourth-order valence-corrected chi connectivity index (χ4v) is 1.52. The summed E-state index contributed by atoms with van der Waals surface area (Å²) >= 11 is 3.99. The highest BCUT2D eigenvalue weighted by Crippen LogP contribution is 1.95. The third kappa shape index (κ3) is 5.69. The molecular formula is C10H18N4O2S. The molecule has 17 heavy (non-hydrogen) atoms. The van der Waals surface area contributed by atoms with Crippen LogP contribution >= 0.6 is 12.6 Å². The van der Waals surface area contributed by atoms with Gasteiger partial charge in [-0.1, -0.05) is 5.21 Å². The number of ether oxygens (including phenoxy) is 1. The van der Waals surface area contributed by atoms with Crippen molar-refractivity contribution in [2.75, 3.05) is 19.4 Å². The van der Waals surface area contributed by atoms with Gasteiger partial charge < -0.3 is 10.1 Å². The number of nitrogens with zero attached hydrogens (tertiary/aromatic N) is 3. The van der Waals surface area contributed by atoms with E-state index in [1.807, 2.05) is 6.20 Å². The number of aryl methyl sites for hydroxylation is 1. The number of aromatic nitrogens is 3. The molecule has 1 aromatic rings. The molecule has 1 aromatic heterocycles. The first-order valence-electron chi connectivity index (χ1n) is 5.51. The van der Waals surface area contributed by atoms with Gasteiger partial charge in [0.15, 0.2) is 0 Å². The van der Waals surface area contributed by atoms with Gasteiger partial charge in [0.2, 0.25) is 5.91 Å². The van der Waals surface area contributed by atoms with Gasteiger partial charge in [-0.25, -0.2) is 0 Å². The predicted octanol–water partition coefficient (Wildman–Crippen LogP) is 0.251. The highest BCUT2D eigenvalue weighted by Gasteiger charge is 2.01. The van der Waals surface area contributed by atoms with E-state index in [-0.39, 0.29) is 5.91 Å². The zero-order chi connectivity index (χ0) is 12.5. The van der Waals surface area contributed by atoms with E-state index in [2.05, 4.69) is 28.3 Å². The van der Waals surface area contributed by atoms with E-state index in [0.717, 1.165) is 18.7 Å². The molecule has 0 saturated carbocycles. The quantitative estimate of drug-likeness (QED) is 0.518. The van der Waals surface area contributed by atoms with Crippen molar-refractivity contribution in [3.05, 3.63) is 11.9 Å². The van der Waals surface area contributed by atoms with E-state index in [4.69, 9.17) is 4.74 Å². The van der Waals surface area contributed by atoms with Crippen LogP contribution in [0.25, 0.3) is 0 Å². The molecule has 0 spiro atoms. The Balaban J connectivity index is 2.15. The Morgan fingerprint density at radius 3 is 3.18 bits per heavy atom. The van der Waals surface area contributed by atoms with Gasteiger partial charge in [-0.15, -0.1) is 5.10 Å². The van der Waals surface area contributed by atoms with Gasteiger partial charge in [0.1, 0.15) is 5.69 Å². The number of methoxy groups -OCH3 is 1. The summed E-state index contributed by atoms with van der Waals surface area (Å²) in [6.07, 6.45) is 3.14. The molecular weight excluding hydrogens is 240 g/mol. The SMILES string of the molecule is COCc1cn(CCCNC(=O)CCS)nn1. The Morgan fingerprint density at radius 1 is 1.65 bits per heavy atom. The molecule has 0 aliphatic rings. The van der Waals surface area contributed by atoms with E-state index in [1.165, 1.54) is 0 Å². The van der Waals surface area contributed by atoms with Crippen LogP contribution in [0.5, 0.6) is 0 Å². The number of nitrogens with one attached hydrogen (secondary N) is 1. The van der Waals surface area contributed by atoms with Gasteiger partial charge in [0.25, 0.3) is 0 Å². The van der Waals surface area contributed by atoms with Crippen LogP contribution in [0.3, 0.4) is 0 Å². The van der Waals surface area contributed by atoms with Gasteiger partial charge in [-0.05, 0) is 12.2 Å². The van der Waals surface area contributed by atoms with Crippen molar-refractivity contribution >= 4 is 18.5 Å². The highest BCUT2D eigenvalue weighted by molar-refractivity contribution is 7.80. The predicted molar refractivity (Wildman–Crippen MR) is 66.8 cm³/mol. The zero-order valence-corrected chi connectivity index (χ0v) is 10.8. The Kier molecular flexibility index (Phi) is 6.64. The molecule has 0 unspecified atom stereocenters. The second kappa shape index (κ2) is 8.08. The second-order valence-electron chi connectivity index (χ2n) is 3.58. The van der Waals surface area contributed by atoms with Crippen LogP contribution < -0.4 is 5.32 Å². The minimum atomic E-state index is 0.0404. The molecule has 0 aliphatic heterocycles. The van der Waals surface area contributed by atoms with Crippen molar-refractivity contribution in [1.82, 2.24) is 20.3 Å². The lowest BCUT2D eigenvalue weighted by Crippen LogP contribution is -2.25. The van der Waals surface area contributed by atoms with Crippen molar-refractivity contribution in [3.63, 3.8) is 0 Å². The summed E-state index contributed by atoms with van der Waals surface area (Å²) in [7, 11) is 1.62. The number of carbonyl (C=O) groups excluding carboxylic acids is 1. The van der Waals surface area contributed by atoms with Crippen molar-refractivity contribution < 1.29 is 9.53 Å². The molecule has 7 heteroatoms. The molecule has 0 aromatic carbocycles. The van der Waals surface area contributed by atoms with Crippen LogP contribution in [-0.4, -0.2) is 40.3 Å². The molecule has 1 amide bonds. The number of amides is 1. The highest BCUT2D eigenvalue weighted by atomic mass is 32.1. The molecule has 0 atom stereocenters. The summed E-state index contributed by atoms with van der Waals surface area (Å²) in [5.74, 6) is 0.619. The van der Waals surface area contributed by atoms with Gasteiger partial charge in [-0.3, -0.25) is 9.48 Å². The maximum absolute atomic E-state index is 11.1. The Hall–Kier alpha value is -1.08. The van der Waals surface area contributed by atoms with Crippen molar-refractivity contribution in [2.24, 2.45) is 0 Å². The Bertz CT molecular complexity index is 343. The van der Waals surface area contributed by atoms with Crippen molar-refractivity contribution in [2.45, 2.75) is 26.0 Å². The number of rotatable bonds is 8. The van der Waals surface area contributed by atoms with E-state index < -0.39 is 0 Å². The summed E-state index contributed by atoms with van der Waals surface area (Å²) in [5, 5.41) is 10.7. The summed E-state index contributed by atoms with van der Waals surface area (Å²) in [5.41, 5.74) is 0.812. The molecule has 1 N–H and O–H groups in total. The van der Waals surface area contributed by atoms with E-state index in [0.29, 0.717) is 25.3 Å². The van der Waals surface area contributed by atoms with Gasteiger partial charge in [0.05, 0.1) is 12.8 Å². The van der Waals surface area contributed by atoms with Gasteiger partial charge >= 0.3 is 0 Å².